The van der Waals surface area contributed by atoms with Crippen molar-refractivity contribution in [3.63, 3.8) is 0 Å². The molecule has 0 fully saturated rings. The van der Waals surface area contributed by atoms with E-state index in [4.69, 9.17) is 21.1 Å². The number of halogens is 1. The summed E-state index contributed by atoms with van der Waals surface area (Å²) >= 11 is 5.65. The number of nitro groups is 1. The van der Waals surface area contributed by atoms with Gasteiger partial charge in [-0.15, -0.1) is 11.6 Å². The lowest BCUT2D eigenvalue weighted by atomic mass is 9.80. The van der Waals surface area contributed by atoms with Crippen LogP contribution in [0, 0.1) is 10.1 Å². The van der Waals surface area contributed by atoms with Crippen LogP contribution in [0.3, 0.4) is 0 Å². The van der Waals surface area contributed by atoms with Crippen LogP contribution in [-0.4, -0.2) is 36.0 Å². The molecule has 1 N–H and O–H groups in total. The smallest absolute Gasteiger partial charge is 0.336 e. The lowest BCUT2D eigenvalue weighted by Gasteiger charge is -2.30. The summed E-state index contributed by atoms with van der Waals surface area (Å²) in [6, 6.07) is 5.87. The number of non-ortho nitro benzene ring substituents is 1. The first-order valence-electron chi connectivity index (χ1n) is 10.1. The second-order valence-electron chi connectivity index (χ2n) is 7.16. The molecule has 1 aliphatic rings. The molecule has 0 aliphatic carbocycles. The van der Waals surface area contributed by atoms with Crippen molar-refractivity contribution in [3.05, 3.63) is 62.5 Å². The van der Waals surface area contributed by atoms with Gasteiger partial charge in [0.25, 0.3) is 5.69 Å². The number of nitro benzene ring substituents is 1. The molecule has 0 saturated carbocycles. The molecule has 0 radical (unpaired) electrons. The first kappa shape index (κ1) is 24.4. The average Bonchev–Trinajstić information content (AvgIpc) is 2.74. The van der Waals surface area contributed by atoms with Gasteiger partial charge in [-0.05, 0) is 25.8 Å². The molecule has 1 aromatic carbocycles. The number of hydrogen-bond acceptors (Lipinski definition) is 7. The van der Waals surface area contributed by atoms with Gasteiger partial charge in [0.15, 0.2) is 0 Å². The fraction of sp³-hybridized carbons (Fsp3) is 0.455. The molecule has 9 heteroatoms. The lowest BCUT2D eigenvalue weighted by Crippen LogP contribution is -2.32. The van der Waals surface area contributed by atoms with Gasteiger partial charge < -0.3 is 14.8 Å². The van der Waals surface area contributed by atoms with Crippen molar-refractivity contribution in [2.75, 3.05) is 19.1 Å². The lowest BCUT2D eigenvalue weighted by molar-refractivity contribution is -0.384. The van der Waals surface area contributed by atoms with E-state index in [1.807, 2.05) is 6.92 Å². The number of benzene rings is 1. The molecule has 0 saturated heterocycles. The Labute approximate surface area is 186 Å². The zero-order chi connectivity index (χ0) is 23.0. The number of hydrogen-bond donors (Lipinski definition) is 1. The van der Waals surface area contributed by atoms with E-state index in [9.17, 15) is 19.7 Å². The Morgan fingerprint density at radius 3 is 2.26 bits per heavy atom. The monoisotopic (exact) mass is 450 g/mol. The van der Waals surface area contributed by atoms with Crippen molar-refractivity contribution in [2.45, 2.75) is 46.0 Å². The average molecular weight is 451 g/mol. The molecular weight excluding hydrogens is 424 g/mol. The molecule has 1 atom stereocenters. The highest BCUT2D eigenvalue weighted by molar-refractivity contribution is 6.18. The number of carbonyl (C=O) groups is 2. The number of nitrogens with one attached hydrogen (secondary N) is 1. The predicted molar refractivity (Wildman–Crippen MR) is 117 cm³/mol. The minimum Gasteiger partial charge on any atom is -0.462 e. The number of dihydropyridines is 1. The zero-order valence-electron chi connectivity index (χ0n) is 17.9. The first-order valence-corrected chi connectivity index (χ1v) is 10.7. The summed E-state index contributed by atoms with van der Waals surface area (Å²) in [5, 5.41) is 14.4. The fourth-order valence-corrected chi connectivity index (χ4v) is 3.57. The van der Waals surface area contributed by atoms with Crippen LogP contribution in [0.4, 0.5) is 5.69 Å². The van der Waals surface area contributed by atoms with Crippen molar-refractivity contribution in [1.29, 1.82) is 0 Å². The summed E-state index contributed by atoms with van der Waals surface area (Å²) in [6.07, 6.45) is 2.63. The maximum atomic E-state index is 13.0. The number of ether oxygens (including phenoxy) is 2. The van der Waals surface area contributed by atoms with Gasteiger partial charge in [-0.25, -0.2) is 9.59 Å². The van der Waals surface area contributed by atoms with Crippen LogP contribution < -0.4 is 5.32 Å². The molecule has 1 aromatic rings. The van der Waals surface area contributed by atoms with Crippen molar-refractivity contribution < 1.29 is 24.0 Å². The van der Waals surface area contributed by atoms with E-state index in [-0.39, 0.29) is 35.9 Å². The van der Waals surface area contributed by atoms with Crippen LogP contribution in [0.2, 0.25) is 0 Å². The van der Waals surface area contributed by atoms with E-state index < -0.39 is 22.8 Å². The molecule has 168 valence electrons. The van der Waals surface area contributed by atoms with Gasteiger partial charge in [-0.2, -0.15) is 0 Å². The number of nitrogens with zero attached hydrogens (tertiary/aromatic N) is 1. The molecule has 1 unspecified atom stereocenters. The van der Waals surface area contributed by atoms with E-state index >= 15 is 0 Å². The van der Waals surface area contributed by atoms with Gasteiger partial charge in [0.2, 0.25) is 0 Å². The largest absolute Gasteiger partial charge is 0.462 e. The Morgan fingerprint density at radius 1 is 1.10 bits per heavy atom. The van der Waals surface area contributed by atoms with Crippen LogP contribution in [0.1, 0.15) is 51.5 Å². The Hall–Kier alpha value is -2.87. The van der Waals surface area contributed by atoms with Crippen molar-refractivity contribution in [3.8, 4) is 0 Å². The van der Waals surface area contributed by atoms with Crippen LogP contribution in [0.25, 0.3) is 0 Å². The summed E-state index contributed by atoms with van der Waals surface area (Å²) in [4.78, 5) is 36.7. The highest BCUT2D eigenvalue weighted by atomic mass is 35.5. The topological polar surface area (TPSA) is 108 Å². The number of esters is 2. The molecule has 1 heterocycles. The fourth-order valence-electron chi connectivity index (χ4n) is 3.49. The van der Waals surface area contributed by atoms with E-state index in [0.29, 0.717) is 17.0 Å². The van der Waals surface area contributed by atoms with Gasteiger partial charge in [0.05, 0.1) is 34.5 Å². The molecular formula is C22H27ClN2O6. The molecule has 0 spiro atoms. The highest BCUT2D eigenvalue weighted by Crippen LogP contribution is 2.40. The summed E-state index contributed by atoms with van der Waals surface area (Å²) < 4.78 is 10.7. The molecule has 1 aliphatic heterocycles. The van der Waals surface area contributed by atoms with E-state index in [0.717, 1.165) is 19.3 Å². The normalized spacial score (nSPS) is 16.1. The van der Waals surface area contributed by atoms with Crippen molar-refractivity contribution in [1.82, 2.24) is 5.32 Å². The van der Waals surface area contributed by atoms with Gasteiger partial charge in [-0.3, -0.25) is 10.1 Å². The van der Waals surface area contributed by atoms with E-state index in [2.05, 4.69) is 5.32 Å². The standard InChI is InChI=1S/C22H27ClN2O6/c1-4-5-6-11-30-21(26)18-14(2)24-15(3)19(22(27)31-12-10-23)20(18)16-8-7-9-17(13-16)25(28)29/h7-9,13,20,24H,4-6,10-12H2,1-3H3. The third kappa shape index (κ3) is 6.07. The van der Waals surface area contributed by atoms with Gasteiger partial charge >= 0.3 is 11.9 Å². The van der Waals surface area contributed by atoms with Crippen molar-refractivity contribution >= 4 is 29.2 Å². The summed E-state index contributed by atoms with van der Waals surface area (Å²) in [7, 11) is 0. The number of allylic oxidation sites excluding steroid dienone is 2. The minimum atomic E-state index is -0.873. The Bertz CT molecular complexity index is 909. The first-order chi connectivity index (χ1) is 14.8. The van der Waals surface area contributed by atoms with Gasteiger partial charge in [-0.1, -0.05) is 31.9 Å². The maximum absolute atomic E-state index is 13.0. The molecule has 8 nitrogen and oxygen atoms in total. The predicted octanol–water partition coefficient (Wildman–Crippen LogP) is 4.35. The Kier molecular flexibility index (Phi) is 9.05. The second kappa shape index (κ2) is 11.5. The maximum Gasteiger partial charge on any atom is 0.336 e. The van der Waals surface area contributed by atoms with Gasteiger partial charge in [0, 0.05) is 23.5 Å². The number of unbranched alkanes of at least 4 members (excludes halogenated alkanes) is 2. The highest BCUT2D eigenvalue weighted by Gasteiger charge is 2.38. The van der Waals surface area contributed by atoms with E-state index in [1.54, 1.807) is 19.9 Å². The third-order valence-electron chi connectivity index (χ3n) is 4.91. The molecule has 2 rings (SSSR count). The van der Waals surface area contributed by atoms with Crippen LogP contribution in [0.5, 0.6) is 0 Å². The quantitative estimate of drug-likeness (QED) is 0.185. The second-order valence-corrected chi connectivity index (χ2v) is 7.53. The SMILES string of the molecule is CCCCCOC(=O)C1=C(C)NC(C)=C(C(=O)OCCCl)C1c1cccc([N+](=O)[O-])c1. The number of alkyl halides is 1. The third-order valence-corrected chi connectivity index (χ3v) is 5.06. The van der Waals surface area contributed by atoms with Crippen LogP contribution in [-0.2, 0) is 19.1 Å². The number of rotatable bonds is 10. The summed E-state index contributed by atoms with van der Waals surface area (Å²) in [6.45, 7) is 5.69. The Balaban J connectivity index is 2.52. The molecule has 0 aromatic heterocycles. The zero-order valence-corrected chi connectivity index (χ0v) is 18.7. The van der Waals surface area contributed by atoms with E-state index in [1.165, 1.54) is 18.2 Å². The summed E-state index contributed by atoms with van der Waals surface area (Å²) in [5.41, 5.74) is 1.71. The summed E-state index contributed by atoms with van der Waals surface area (Å²) in [5.74, 6) is -1.98. The minimum absolute atomic E-state index is 0.00167. The van der Waals surface area contributed by atoms with Crippen LogP contribution in [0.15, 0.2) is 46.8 Å². The van der Waals surface area contributed by atoms with Gasteiger partial charge in [0.1, 0.15) is 6.61 Å². The molecule has 0 amide bonds. The Morgan fingerprint density at radius 2 is 1.71 bits per heavy atom. The van der Waals surface area contributed by atoms with Crippen LogP contribution >= 0.6 is 11.6 Å². The number of carbonyl (C=O) groups excluding carboxylic acids is 2. The molecule has 31 heavy (non-hydrogen) atoms. The van der Waals surface area contributed by atoms with Crippen molar-refractivity contribution in [2.24, 2.45) is 0 Å². The molecule has 0 bridgehead atoms.